The molecule has 1 atom stereocenters. The molecule has 0 bridgehead atoms. The average molecular weight is 198 g/mol. The summed E-state index contributed by atoms with van der Waals surface area (Å²) in [5, 5.41) is 0. The minimum absolute atomic E-state index is 0.693. The number of thioether (sulfide) groups is 1. The fourth-order valence-corrected chi connectivity index (χ4v) is 2.06. The van der Waals surface area contributed by atoms with Crippen LogP contribution in [-0.2, 0) is 0 Å². The fourth-order valence-electron chi connectivity index (χ4n) is 0.808. The lowest BCUT2D eigenvalue weighted by atomic mass is 10.3. The average Bonchev–Trinajstić information content (AvgIpc) is 2.16. The van der Waals surface area contributed by atoms with Crippen molar-refractivity contribution in [3.8, 4) is 0 Å². The van der Waals surface area contributed by atoms with Crippen LogP contribution in [0, 0.1) is 5.92 Å². The first-order valence-electron chi connectivity index (χ1n) is 4.11. The van der Waals surface area contributed by atoms with Gasteiger partial charge in [-0.2, -0.15) is 12.6 Å². The summed E-state index contributed by atoms with van der Waals surface area (Å²) in [6.07, 6.45) is 0. The highest BCUT2D eigenvalue weighted by atomic mass is 32.2. The second kappa shape index (κ2) is 5.55. The van der Waals surface area contributed by atoms with Crippen LogP contribution in [0.4, 0.5) is 0 Å². The van der Waals surface area contributed by atoms with Crippen LogP contribution < -0.4 is 0 Å². The summed E-state index contributed by atoms with van der Waals surface area (Å²) in [5.41, 5.74) is 0. The molecule has 0 spiro atoms. The molecule has 0 saturated carbocycles. The number of thiol groups is 1. The van der Waals surface area contributed by atoms with Gasteiger partial charge in [-0.25, -0.2) is 0 Å². The first-order valence-corrected chi connectivity index (χ1v) is 5.73. The number of hydrogen-bond acceptors (Lipinski definition) is 2. The van der Waals surface area contributed by atoms with Crippen LogP contribution in [0.2, 0.25) is 0 Å². The molecule has 66 valence electrons. The van der Waals surface area contributed by atoms with E-state index in [1.165, 1.54) is 4.90 Å². The monoisotopic (exact) mass is 198 g/mol. The van der Waals surface area contributed by atoms with E-state index in [9.17, 15) is 0 Å². The second-order valence-corrected chi connectivity index (χ2v) is 4.37. The van der Waals surface area contributed by atoms with E-state index in [1.807, 2.05) is 17.8 Å². The Morgan fingerprint density at radius 2 is 2.00 bits per heavy atom. The summed E-state index contributed by atoms with van der Waals surface area (Å²) in [5.74, 6) is 2.83. The molecule has 1 rings (SSSR count). The van der Waals surface area contributed by atoms with Crippen LogP contribution in [-0.4, -0.2) is 11.5 Å². The van der Waals surface area contributed by atoms with Gasteiger partial charge in [0.2, 0.25) is 0 Å². The molecular formula is C10H14S2. The van der Waals surface area contributed by atoms with Crippen molar-refractivity contribution in [2.45, 2.75) is 11.8 Å². The molecule has 0 N–H and O–H groups in total. The van der Waals surface area contributed by atoms with Crippen molar-refractivity contribution < 1.29 is 0 Å². The molecular weight excluding hydrogens is 184 g/mol. The Morgan fingerprint density at radius 3 is 2.58 bits per heavy atom. The van der Waals surface area contributed by atoms with E-state index in [0.29, 0.717) is 5.92 Å². The maximum atomic E-state index is 4.25. The highest BCUT2D eigenvalue weighted by Crippen LogP contribution is 2.20. The van der Waals surface area contributed by atoms with Gasteiger partial charge >= 0.3 is 0 Å². The Kier molecular flexibility index (Phi) is 4.62. The lowest BCUT2D eigenvalue weighted by molar-refractivity contribution is 0.767. The maximum absolute atomic E-state index is 4.25. The van der Waals surface area contributed by atoms with Gasteiger partial charge in [-0.3, -0.25) is 0 Å². The third-order valence-corrected chi connectivity index (χ3v) is 3.55. The van der Waals surface area contributed by atoms with Crippen molar-refractivity contribution >= 4 is 24.4 Å². The summed E-state index contributed by atoms with van der Waals surface area (Å²) in [6, 6.07) is 10.5. The zero-order valence-corrected chi connectivity index (χ0v) is 8.94. The van der Waals surface area contributed by atoms with Gasteiger partial charge in [0.25, 0.3) is 0 Å². The van der Waals surface area contributed by atoms with Crippen molar-refractivity contribution in [1.29, 1.82) is 0 Å². The molecule has 0 nitrogen and oxygen atoms in total. The zero-order chi connectivity index (χ0) is 8.81. The molecule has 2 heteroatoms. The van der Waals surface area contributed by atoms with Crippen molar-refractivity contribution in [2.75, 3.05) is 11.5 Å². The molecule has 0 fully saturated rings. The number of rotatable bonds is 4. The Hall–Kier alpha value is -0.0800. The predicted molar refractivity (Wildman–Crippen MR) is 60.2 cm³/mol. The van der Waals surface area contributed by atoms with Gasteiger partial charge in [0.15, 0.2) is 0 Å². The Bertz CT molecular complexity index is 208. The van der Waals surface area contributed by atoms with E-state index in [2.05, 4.69) is 43.8 Å². The standard InChI is InChI=1S/C10H14S2/c1-9(7-11)8-12-10-5-3-2-4-6-10/h2-6,9,11H,7-8H2,1H3. The summed E-state index contributed by atoms with van der Waals surface area (Å²) in [6.45, 7) is 2.23. The lowest BCUT2D eigenvalue weighted by Crippen LogP contribution is -1.98. The van der Waals surface area contributed by atoms with Crippen LogP contribution in [0.5, 0.6) is 0 Å². The largest absolute Gasteiger partial charge is 0.179 e. The van der Waals surface area contributed by atoms with Crippen molar-refractivity contribution in [3.63, 3.8) is 0 Å². The van der Waals surface area contributed by atoms with Gasteiger partial charge in [-0.05, 0) is 23.8 Å². The molecule has 1 aromatic carbocycles. The van der Waals surface area contributed by atoms with Gasteiger partial charge in [0, 0.05) is 10.6 Å². The Balaban J connectivity index is 2.33. The van der Waals surface area contributed by atoms with Gasteiger partial charge < -0.3 is 0 Å². The van der Waals surface area contributed by atoms with E-state index in [4.69, 9.17) is 0 Å². The van der Waals surface area contributed by atoms with E-state index >= 15 is 0 Å². The van der Waals surface area contributed by atoms with Gasteiger partial charge in [-0.15, -0.1) is 11.8 Å². The topological polar surface area (TPSA) is 0 Å². The van der Waals surface area contributed by atoms with Crippen LogP contribution in [0.15, 0.2) is 35.2 Å². The minimum atomic E-state index is 0.693. The number of hydrogen-bond donors (Lipinski definition) is 1. The Morgan fingerprint density at radius 1 is 1.33 bits per heavy atom. The van der Waals surface area contributed by atoms with Gasteiger partial charge in [-0.1, -0.05) is 25.1 Å². The van der Waals surface area contributed by atoms with Crippen LogP contribution >= 0.6 is 24.4 Å². The SMILES string of the molecule is CC(CS)CSc1ccccc1. The summed E-state index contributed by atoms with van der Waals surface area (Å²) >= 11 is 6.15. The van der Waals surface area contributed by atoms with E-state index < -0.39 is 0 Å². The zero-order valence-electron chi connectivity index (χ0n) is 7.23. The maximum Gasteiger partial charge on any atom is 0.00720 e. The lowest BCUT2D eigenvalue weighted by Gasteiger charge is -2.06. The predicted octanol–water partition coefficient (Wildman–Crippen LogP) is 3.34. The minimum Gasteiger partial charge on any atom is -0.179 e. The molecule has 0 aliphatic carbocycles. The van der Waals surface area contributed by atoms with Crippen LogP contribution in [0.3, 0.4) is 0 Å². The molecule has 0 aliphatic heterocycles. The molecule has 12 heavy (non-hydrogen) atoms. The van der Waals surface area contributed by atoms with Crippen molar-refractivity contribution in [2.24, 2.45) is 5.92 Å². The molecule has 0 aliphatic rings. The van der Waals surface area contributed by atoms with Gasteiger partial charge in [0.1, 0.15) is 0 Å². The molecule has 0 radical (unpaired) electrons. The molecule has 1 unspecified atom stereocenters. The molecule has 0 amide bonds. The normalized spacial score (nSPS) is 12.8. The quantitative estimate of drug-likeness (QED) is 0.572. The number of benzene rings is 1. The molecule has 1 aromatic rings. The highest BCUT2D eigenvalue weighted by Gasteiger charge is 1.99. The van der Waals surface area contributed by atoms with Crippen molar-refractivity contribution in [3.05, 3.63) is 30.3 Å². The smallest absolute Gasteiger partial charge is 0.00720 e. The third-order valence-electron chi connectivity index (χ3n) is 1.59. The fraction of sp³-hybridized carbons (Fsp3) is 0.400. The summed E-state index contributed by atoms with van der Waals surface area (Å²) < 4.78 is 0. The van der Waals surface area contributed by atoms with E-state index in [-0.39, 0.29) is 0 Å². The Labute approximate surface area is 84.2 Å². The van der Waals surface area contributed by atoms with E-state index in [1.54, 1.807) is 0 Å². The third kappa shape index (κ3) is 3.55. The van der Waals surface area contributed by atoms with Gasteiger partial charge in [0.05, 0.1) is 0 Å². The molecule has 0 saturated heterocycles. The summed E-state index contributed by atoms with van der Waals surface area (Å²) in [7, 11) is 0. The molecule has 0 heterocycles. The first-order chi connectivity index (χ1) is 5.83. The van der Waals surface area contributed by atoms with Crippen molar-refractivity contribution in [1.82, 2.24) is 0 Å². The molecule has 0 aromatic heterocycles. The second-order valence-electron chi connectivity index (χ2n) is 2.91. The van der Waals surface area contributed by atoms with Crippen LogP contribution in [0.25, 0.3) is 0 Å². The highest BCUT2D eigenvalue weighted by molar-refractivity contribution is 7.99. The summed E-state index contributed by atoms with van der Waals surface area (Å²) in [4.78, 5) is 1.35. The van der Waals surface area contributed by atoms with E-state index in [0.717, 1.165) is 11.5 Å². The first kappa shape index (κ1) is 10.0. The van der Waals surface area contributed by atoms with Crippen LogP contribution in [0.1, 0.15) is 6.92 Å².